The average Bonchev–Trinajstić information content (AvgIpc) is 2.06. The predicted octanol–water partition coefficient (Wildman–Crippen LogP) is 3.21. The minimum atomic E-state index is -1.16. The topological polar surface area (TPSA) is 0 Å². The van der Waals surface area contributed by atoms with Crippen LogP contribution in [0.2, 0.25) is 0 Å². The molecule has 0 heterocycles. The molecule has 0 aromatic rings. The molecule has 0 N–H and O–H groups in total. The van der Waals surface area contributed by atoms with E-state index in [4.69, 9.17) is 0 Å². The fourth-order valence-corrected chi connectivity index (χ4v) is 1.42. The van der Waals surface area contributed by atoms with Crippen LogP contribution >= 0.6 is 9.24 Å². The lowest BCUT2D eigenvalue weighted by molar-refractivity contribution is 0.319. The van der Waals surface area contributed by atoms with E-state index in [1.54, 1.807) is 0 Å². The number of halogens is 1. The maximum atomic E-state index is 13.6. The quantitative estimate of drug-likeness (QED) is 0.561. The highest BCUT2D eigenvalue weighted by Gasteiger charge is 2.25. The second-order valence-corrected chi connectivity index (χ2v) is 3.79. The van der Waals surface area contributed by atoms with Crippen LogP contribution in [0.4, 0.5) is 4.39 Å². The molecule has 0 aliphatic heterocycles. The van der Waals surface area contributed by atoms with Crippen LogP contribution in [0.5, 0.6) is 0 Å². The highest BCUT2D eigenvalue weighted by atomic mass is 31.0. The highest BCUT2D eigenvalue weighted by Crippen LogP contribution is 2.36. The Morgan fingerprint density at radius 2 is 2.45 bits per heavy atom. The molecule has 1 aliphatic rings. The number of hydrogen-bond donors (Lipinski definition) is 0. The lowest BCUT2D eigenvalue weighted by atomic mass is 9.99. The molecule has 0 radical (unpaired) electrons. The fraction of sp³-hybridized carbons (Fsp3) is 0.556. The van der Waals surface area contributed by atoms with Crippen molar-refractivity contribution in [1.29, 1.82) is 0 Å². The van der Waals surface area contributed by atoms with E-state index in [1.807, 2.05) is 19.1 Å². The van der Waals surface area contributed by atoms with E-state index in [0.29, 0.717) is 6.42 Å². The van der Waals surface area contributed by atoms with E-state index in [-0.39, 0.29) is 0 Å². The van der Waals surface area contributed by atoms with E-state index in [0.717, 1.165) is 18.4 Å². The van der Waals surface area contributed by atoms with E-state index < -0.39 is 5.41 Å². The average molecular weight is 172 g/mol. The third-order valence-electron chi connectivity index (χ3n) is 2.06. The minimum absolute atomic E-state index is 0.539. The van der Waals surface area contributed by atoms with Crippen molar-refractivity contribution in [2.24, 2.45) is 0 Å². The Kier molecular flexibility index (Phi) is 2.84. The van der Waals surface area contributed by atoms with Gasteiger partial charge in [-0.05, 0) is 24.8 Å². The number of allylic oxidation sites excluding steroid dienone is 4. The number of rotatable bonds is 2. The van der Waals surface area contributed by atoms with Crippen molar-refractivity contribution in [1.82, 2.24) is 0 Å². The first-order valence-corrected chi connectivity index (χ1v) is 4.58. The highest BCUT2D eigenvalue weighted by molar-refractivity contribution is 7.19. The van der Waals surface area contributed by atoms with Gasteiger partial charge in [-0.25, -0.2) is 4.39 Å². The summed E-state index contributed by atoms with van der Waals surface area (Å²) in [5, 5.41) is -1.16. The molecular formula is C9H14FP. The molecule has 0 aromatic carbocycles. The molecule has 0 aromatic heterocycles. The monoisotopic (exact) mass is 172 g/mol. The van der Waals surface area contributed by atoms with E-state index in [9.17, 15) is 4.39 Å². The molecule has 2 atom stereocenters. The van der Waals surface area contributed by atoms with Gasteiger partial charge >= 0.3 is 0 Å². The zero-order valence-corrected chi connectivity index (χ0v) is 7.96. The summed E-state index contributed by atoms with van der Waals surface area (Å²) >= 11 is 0. The van der Waals surface area contributed by atoms with Crippen molar-refractivity contribution in [3.63, 3.8) is 0 Å². The Labute approximate surface area is 69.8 Å². The first-order chi connectivity index (χ1) is 5.17. The van der Waals surface area contributed by atoms with E-state index >= 15 is 0 Å². The first kappa shape index (κ1) is 8.93. The van der Waals surface area contributed by atoms with E-state index in [1.165, 1.54) is 0 Å². The Morgan fingerprint density at radius 1 is 1.73 bits per heavy atom. The van der Waals surface area contributed by atoms with Gasteiger partial charge in [-0.3, -0.25) is 0 Å². The van der Waals surface area contributed by atoms with Crippen LogP contribution < -0.4 is 0 Å². The molecule has 0 spiro atoms. The normalized spacial score (nSPS) is 22.6. The van der Waals surface area contributed by atoms with Gasteiger partial charge in [0.15, 0.2) is 0 Å². The molecule has 0 amide bonds. The summed E-state index contributed by atoms with van der Waals surface area (Å²) in [7, 11) is 2.29. The second kappa shape index (κ2) is 3.49. The third kappa shape index (κ3) is 2.13. The minimum Gasteiger partial charge on any atom is -0.235 e. The van der Waals surface area contributed by atoms with Gasteiger partial charge in [-0.2, -0.15) is 0 Å². The van der Waals surface area contributed by atoms with Crippen LogP contribution in [0.3, 0.4) is 0 Å². The van der Waals surface area contributed by atoms with Crippen molar-refractivity contribution in [3.8, 4) is 0 Å². The number of alkyl halides is 1. The van der Waals surface area contributed by atoms with Gasteiger partial charge in [0.2, 0.25) is 0 Å². The van der Waals surface area contributed by atoms with Gasteiger partial charge in [-0.1, -0.05) is 34.4 Å². The van der Waals surface area contributed by atoms with Crippen LogP contribution in [-0.2, 0) is 0 Å². The zero-order valence-electron chi connectivity index (χ0n) is 6.81. The van der Waals surface area contributed by atoms with Crippen LogP contribution in [0.25, 0.3) is 0 Å². The Hall–Kier alpha value is -0.160. The SMILES string of the molecule is CCC(F)(P)C1=CC=CCC1. The van der Waals surface area contributed by atoms with Crippen LogP contribution in [0.15, 0.2) is 23.8 Å². The fourth-order valence-electron chi connectivity index (χ4n) is 1.18. The lowest BCUT2D eigenvalue weighted by Crippen LogP contribution is -2.16. The molecule has 11 heavy (non-hydrogen) atoms. The van der Waals surface area contributed by atoms with E-state index in [2.05, 4.69) is 15.3 Å². The first-order valence-electron chi connectivity index (χ1n) is 4.01. The maximum Gasteiger partial charge on any atom is 0.144 e. The van der Waals surface area contributed by atoms with Crippen molar-refractivity contribution in [3.05, 3.63) is 23.8 Å². The van der Waals surface area contributed by atoms with Crippen LogP contribution in [-0.4, -0.2) is 5.41 Å². The second-order valence-electron chi connectivity index (χ2n) is 2.87. The molecule has 1 aliphatic carbocycles. The standard InChI is InChI=1S/C9H14FP/c1-2-9(10,11)8-6-4-3-5-7-8/h3-4,6H,2,5,7,11H2,1H3. The molecule has 0 fully saturated rings. The summed E-state index contributed by atoms with van der Waals surface area (Å²) in [5.41, 5.74) is 0.910. The maximum absolute atomic E-state index is 13.6. The Balaban J connectivity index is 2.72. The smallest absolute Gasteiger partial charge is 0.144 e. The summed E-state index contributed by atoms with van der Waals surface area (Å²) in [4.78, 5) is 0. The Morgan fingerprint density at radius 3 is 2.91 bits per heavy atom. The zero-order chi connectivity index (χ0) is 8.32. The van der Waals surface area contributed by atoms with Gasteiger partial charge in [0.05, 0.1) is 0 Å². The summed E-state index contributed by atoms with van der Waals surface area (Å²) in [6.07, 6.45) is 8.28. The van der Waals surface area contributed by atoms with Gasteiger partial charge in [-0.15, -0.1) is 0 Å². The molecule has 2 unspecified atom stereocenters. The predicted molar refractivity (Wildman–Crippen MR) is 50.3 cm³/mol. The molecule has 0 saturated carbocycles. The molecule has 62 valence electrons. The van der Waals surface area contributed by atoms with Gasteiger partial charge in [0.25, 0.3) is 0 Å². The van der Waals surface area contributed by atoms with Gasteiger partial charge in [0, 0.05) is 0 Å². The summed E-state index contributed by atoms with van der Waals surface area (Å²) in [6.45, 7) is 1.87. The van der Waals surface area contributed by atoms with Crippen LogP contribution in [0, 0.1) is 0 Å². The van der Waals surface area contributed by atoms with Crippen LogP contribution in [0.1, 0.15) is 26.2 Å². The van der Waals surface area contributed by atoms with Gasteiger partial charge in [0.1, 0.15) is 5.41 Å². The largest absolute Gasteiger partial charge is 0.235 e. The molecule has 1 rings (SSSR count). The molecule has 2 heteroatoms. The summed E-state index contributed by atoms with van der Waals surface area (Å²) in [6, 6.07) is 0. The van der Waals surface area contributed by atoms with Crippen molar-refractivity contribution in [2.75, 3.05) is 0 Å². The van der Waals surface area contributed by atoms with Gasteiger partial charge < -0.3 is 0 Å². The number of hydrogen-bond acceptors (Lipinski definition) is 0. The van der Waals surface area contributed by atoms with Crippen molar-refractivity contribution >= 4 is 9.24 Å². The Bertz CT molecular complexity index is 192. The summed E-state index contributed by atoms with van der Waals surface area (Å²) < 4.78 is 13.6. The van der Waals surface area contributed by atoms with Crippen molar-refractivity contribution < 1.29 is 4.39 Å². The molecule has 0 bridgehead atoms. The molecule has 0 saturated heterocycles. The summed E-state index contributed by atoms with van der Waals surface area (Å²) in [5.74, 6) is 0. The van der Waals surface area contributed by atoms with Crippen molar-refractivity contribution in [2.45, 2.75) is 31.6 Å². The lowest BCUT2D eigenvalue weighted by Gasteiger charge is -2.22. The molecular weight excluding hydrogens is 158 g/mol. The molecule has 0 nitrogen and oxygen atoms in total. The third-order valence-corrected chi connectivity index (χ3v) is 2.84.